The van der Waals surface area contributed by atoms with Crippen LogP contribution in [0.2, 0.25) is 0 Å². The highest BCUT2D eigenvalue weighted by atomic mass is 19.1. The van der Waals surface area contributed by atoms with E-state index >= 15 is 0 Å². The maximum Gasteiger partial charge on any atom is 0.224 e. The molecule has 3 nitrogen and oxygen atoms in total. The number of rotatable bonds is 4. The van der Waals surface area contributed by atoms with Crippen molar-refractivity contribution in [3.05, 3.63) is 29.6 Å². The third-order valence-electron chi connectivity index (χ3n) is 2.00. The third kappa shape index (κ3) is 3.67. The summed E-state index contributed by atoms with van der Waals surface area (Å²) in [5, 5.41) is 2.52. The Kier molecular flexibility index (Phi) is 4.24. The van der Waals surface area contributed by atoms with Gasteiger partial charge in [0, 0.05) is 6.42 Å². The largest absolute Gasteiger partial charge is 0.330 e. The minimum Gasteiger partial charge on any atom is -0.330 e. The molecule has 0 unspecified atom stereocenters. The van der Waals surface area contributed by atoms with E-state index in [1.807, 2.05) is 6.92 Å². The van der Waals surface area contributed by atoms with E-state index in [9.17, 15) is 9.18 Å². The number of amides is 1. The molecule has 0 aliphatic carbocycles. The number of anilines is 1. The van der Waals surface area contributed by atoms with E-state index in [0.29, 0.717) is 19.4 Å². The first-order chi connectivity index (χ1) is 7.13. The molecular weight excluding hydrogens is 195 g/mol. The number of nitrogens with one attached hydrogen (secondary N) is 1. The van der Waals surface area contributed by atoms with Gasteiger partial charge in [-0.15, -0.1) is 0 Å². The summed E-state index contributed by atoms with van der Waals surface area (Å²) in [6, 6.07) is 4.61. The van der Waals surface area contributed by atoms with Crippen LogP contribution in [0.1, 0.15) is 18.4 Å². The Morgan fingerprint density at radius 2 is 2.27 bits per heavy atom. The third-order valence-corrected chi connectivity index (χ3v) is 2.00. The summed E-state index contributed by atoms with van der Waals surface area (Å²) in [7, 11) is 0. The Morgan fingerprint density at radius 3 is 2.93 bits per heavy atom. The van der Waals surface area contributed by atoms with Crippen LogP contribution in [0.4, 0.5) is 10.1 Å². The van der Waals surface area contributed by atoms with Gasteiger partial charge in [0.25, 0.3) is 0 Å². The van der Waals surface area contributed by atoms with Crippen molar-refractivity contribution in [2.24, 2.45) is 5.73 Å². The van der Waals surface area contributed by atoms with Crippen LogP contribution in [0.5, 0.6) is 0 Å². The zero-order valence-corrected chi connectivity index (χ0v) is 8.72. The highest BCUT2D eigenvalue weighted by molar-refractivity contribution is 5.90. The summed E-state index contributed by atoms with van der Waals surface area (Å²) >= 11 is 0. The van der Waals surface area contributed by atoms with E-state index in [0.717, 1.165) is 5.56 Å². The summed E-state index contributed by atoms with van der Waals surface area (Å²) in [6.07, 6.45) is 0.934. The molecule has 1 amide bonds. The Labute approximate surface area is 88.5 Å². The average molecular weight is 210 g/mol. The van der Waals surface area contributed by atoms with E-state index in [-0.39, 0.29) is 11.6 Å². The Morgan fingerprint density at radius 1 is 1.53 bits per heavy atom. The molecule has 0 bridgehead atoms. The maximum atomic E-state index is 13.2. The number of nitrogens with two attached hydrogens (primary N) is 1. The normalized spacial score (nSPS) is 10.1. The SMILES string of the molecule is Cc1ccc(F)c(NC(=O)CCCN)c1. The Hall–Kier alpha value is -1.42. The minimum atomic E-state index is -0.415. The second-order valence-corrected chi connectivity index (χ2v) is 3.42. The van der Waals surface area contributed by atoms with Crippen LogP contribution in [0.3, 0.4) is 0 Å². The fourth-order valence-corrected chi connectivity index (χ4v) is 1.21. The molecule has 0 atom stereocenters. The van der Waals surface area contributed by atoms with Gasteiger partial charge in [0.15, 0.2) is 0 Å². The monoisotopic (exact) mass is 210 g/mol. The lowest BCUT2D eigenvalue weighted by atomic mass is 10.2. The fraction of sp³-hybridized carbons (Fsp3) is 0.364. The quantitative estimate of drug-likeness (QED) is 0.796. The molecule has 4 heteroatoms. The molecule has 0 fully saturated rings. The molecule has 3 N–H and O–H groups in total. The van der Waals surface area contributed by atoms with Crippen LogP contribution in [-0.4, -0.2) is 12.5 Å². The first kappa shape index (κ1) is 11.7. The van der Waals surface area contributed by atoms with E-state index in [1.165, 1.54) is 6.07 Å². The van der Waals surface area contributed by atoms with Crippen molar-refractivity contribution in [3.8, 4) is 0 Å². The molecule has 15 heavy (non-hydrogen) atoms. The summed E-state index contributed by atoms with van der Waals surface area (Å²) in [4.78, 5) is 11.3. The lowest BCUT2D eigenvalue weighted by Gasteiger charge is -2.06. The van der Waals surface area contributed by atoms with Crippen LogP contribution in [0, 0.1) is 12.7 Å². The maximum absolute atomic E-state index is 13.2. The summed E-state index contributed by atoms with van der Waals surface area (Å²) in [5.74, 6) is -0.619. The van der Waals surface area contributed by atoms with Crippen LogP contribution < -0.4 is 11.1 Å². The van der Waals surface area contributed by atoms with Crippen LogP contribution in [0.15, 0.2) is 18.2 Å². The second kappa shape index (κ2) is 5.46. The standard InChI is InChI=1S/C11H15FN2O/c1-8-4-5-9(12)10(7-8)14-11(15)3-2-6-13/h4-5,7H,2-3,6,13H2,1H3,(H,14,15). The summed E-state index contributed by atoms with van der Waals surface area (Å²) in [5.41, 5.74) is 6.41. The molecule has 1 aromatic carbocycles. The van der Waals surface area contributed by atoms with Gasteiger partial charge in [-0.25, -0.2) is 4.39 Å². The number of hydrogen-bond donors (Lipinski definition) is 2. The van der Waals surface area contributed by atoms with Gasteiger partial charge in [0.1, 0.15) is 5.82 Å². The van der Waals surface area contributed by atoms with Gasteiger partial charge in [0.05, 0.1) is 5.69 Å². The van der Waals surface area contributed by atoms with Gasteiger partial charge in [-0.3, -0.25) is 4.79 Å². The van der Waals surface area contributed by atoms with Crippen LogP contribution in [-0.2, 0) is 4.79 Å². The number of carbonyl (C=O) groups excluding carboxylic acids is 1. The smallest absolute Gasteiger partial charge is 0.224 e. The van der Waals surface area contributed by atoms with Gasteiger partial charge >= 0.3 is 0 Å². The Bertz CT molecular complexity index is 352. The lowest BCUT2D eigenvalue weighted by molar-refractivity contribution is -0.116. The van der Waals surface area contributed by atoms with Crippen molar-refractivity contribution in [2.75, 3.05) is 11.9 Å². The number of aryl methyl sites for hydroxylation is 1. The highest BCUT2D eigenvalue weighted by Gasteiger charge is 2.06. The van der Waals surface area contributed by atoms with Crippen molar-refractivity contribution >= 4 is 11.6 Å². The van der Waals surface area contributed by atoms with Crippen molar-refractivity contribution in [1.82, 2.24) is 0 Å². The molecular formula is C11H15FN2O. The molecule has 0 aromatic heterocycles. The van der Waals surface area contributed by atoms with Gasteiger partial charge in [0.2, 0.25) is 5.91 Å². The number of carbonyl (C=O) groups is 1. The second-order valence-electron chi connectivity index (χ2n) is 3.42. The number of benzene rings is 1. The van der Waals surface area contributed by atoms with Crippen molar-refractivity contribution in [1.29, 1.82) is 0 Å². The summed E-state index contributed by atoms with van der Waals surface area (Å²) < 4.78 is 13.2. The highest BCUT2D eigenvalue weighted by Crippen LogP contribution is 2.15. The molecule has 0 saturated heterocycles. The van der Waals surface area contributed by atoms with Crippen LogP contribution in [0.25, 0.3) is 0 Å². The van der Waals surface area contributed by atoms with Crippen LogP contribution >= 0.6 is 0 Å². The molecule has 0 heterocycles. The predicted molar refractivity (Wildman–Crippen MR) is 58.1 cm³/mol. The van der Waals surface area contributed by atoms with Gasteiger partial charge in [-0.1, -0.05) is 6.07 Å². The molecule has 0 aliphatic rings. The molecule has 0 spiro atoms. The van der Waals surface area contributed by atoms with E-state index in [4.69, 9.17) is 5.73 Å². The molecule has 1 rings (SSSR count). The number of hydrogen-bond acceptors (Lipinski definition) is 2. The fourth-order valence-electron chi connectivity index (χ4n) is 1.21. The van der Waals surface area contributed by atoms with Gasteiger partial charge in [-0.2, -0.15) is 0 Å². The van der Waals surface area contributed by atoms with E-state index in [1.54, 1.807) is 12.1 Å². The van der Waals surface area contributed by atoms with E-state index < -0.39 is 5.82 Å². The molecule has 0 aliphatic heterocycles. The first-order valence-corrected chi connectivity index (χ1v) is 4.89. The van der Waals surface area contributed by atoms with Gasteiger partial charge < -0.3 is 11.1 Å². The zero-order chi connectivity index (χ0) is 11.3. The molecule has 82 valence electrons. The first-order valence-electron chi connectivity index (χ1n) is 4.89. The minimum absolute atomic E-state index is 0.204. The average Bonchev–Trinajstić information content (AvgIpc) is 2.20. The zero-order valence-electron chi connectivity index (χ0n) is 8.72. The predicted octanol–water partition coefficient (Wildman–Crippen LogP) is 1.81. The van der Waals surface area contributed by atoms with E-state index in [2.05, 4.69) is 5.32 Å². The Balaban J connectivity index is 2.63. The topological polar surface area (TPSA) is 55.1 Å². The van der Waals surface area contributed by atoms with Crippen molar-refractivity contribution in [3.63, 3.8) is 0 Å². The van der Waals surface area contributed by atoms with Crippen molar-refractivity contribution < 1.29 is 9.18 Å². The molecule has 1 aromatic rings. The van der Waals surface area contributed by atoms with Crippen molar-refractivity contribution in [2.45, 2.75) is 19.8 Å². The van der Waals surface area contributed by atoms with Gasteiger partial charge in [-0.05, 0) is 37.6 Å². The lowest BCUT2D eigenvalue weighted by Crippen LogP contribution is -2.14. The molecule has 0 saturated carbocycles. The molecule has 0 radical (unpaired) electrons. The number of halogens is 1. The summed E-state index contributed by atoms with van der Waals surface area (Å²) in [6.45, 7) is 2.30.